The molecule has 0 aromatic heterocycles. The van der Waals surface area contributed by atoms with Gasteiger partial charge in [-0.15, -0.1) is 12.4 Å². The second-order valence-corrected chi connectivity index (χ2v) is 8.13. The Kier molecular flexibility index (Phi) is 9.35. The van der Waals surface area contributed by atoms with Gasteiger partial charge in [-0.1, -0.05) is 13.3 Å². The number of benzene rings is 1. The van der Waals surface area contributed by atoms with Gasteiger partial charge in [0.15, 0.2) is 0 Å². The molecule has 26 heavy (non-hydrogen) atoms. The summed E-state index contributed by atoms with van der Waals surface area (Å²) in [5.41, 5.74) is 6.00. The third kappa shape index (κ3) is 6.12. The molecule has 0 aliphatic carbocycles. The van der Waals surface area contributed by atoms with Crippen molar-refractivity contribution < 1.29 is 17.9 Å². The fourth-order valence-electron chi connectivity index (χ4n) is 2.82. The molecular weight excluding hydrogens is 378 g/mol. The van der Waals surface area contributed by atoms with Crippen molar-refractivity contribution in [2.75, 3.05) is 30.8 Å². The van der Waals surface area contributed by atoms with E-state index in [4.69, 9.17) is 10.5 Å². The Hall–Kier alpha value is -1.35. The van der Waals surface area contributed by atoms with Crippen LogP contribution < -0.4 is 15.8 Å². The second kappa shape index (κ2) is 10.7. The van der Waals surface area contributed by atoms with Gasteiger partial charge in [0.25, 0.3) is 0 Å². The zero-order chi connectivity index (χ0) is 18.3. The summed E-state index contributed by atoms with van der Waals surface area (Å²) in [6.45, 7) is 3.22. The number of nitrogens with one attached hydrogen (secondary N) is 1. The number of unbranched alkanes of at least 4 members (excludes halogenated alkanes) is 1. The Morgan fingerprint density at radius 2 is 2.04 bits per heavy atom. The third-order valence-corrected chi connectivity index (χ3v) is 6.08. The summed E-state index contributed by atoms with van der Waals surface area (Å²) in [5, 5.41) is 2.80. The Morgan fingerprint density at radius 1 is 1.35 bits per heavy atom. The zero-order valence-electron chi connectivity index (χ0n) is 15.0. The number of carbonyl (C=O) groups excluding carboxylic acids is 1. The molecule has 2 rings (SSSR count). The van der Waals surface area contributed by atoms with E-state index >= 15 is 0 Å². The first-order chi connectivity index (χ1) is 12.0. The molecule has 0 bridgehead atoms. The van der Waals surface area contributed by atoms with E-state index in [1.807, 2.05) is 6.92 Å². The van der Waals surface area contributed by atoms with Gasteiger partial charge in [-0.05, 0) is 43.5 Å². The van der Waals surface area contributed by atoms with Gasteiger partial charge in [-0.25, -0.2) is 8.42 Å². The van der Waals surface area contributed by atoms with E-state index in [1.165, 1.54) is 4.31 Å². The van der Waals surface area contributed by atoms with Crippen molar-refractivity contribution >= 4 is 34.0 Å². The van der Waals surface area contributed by atoms with Gasteiger partial charge in [0.05, 0.1) is 5.75 Å². The molecule has 148 valence electrons. The third-order valence-electron chi connectivity index (χ3n) is 4.13. The number of hydrogen-bond donors (Lipinski definition) is 2. The van der Waals surface area contributed by atoms with Gasteiger partial charge in [-0.3, -0.25) is 4.79 Å². The molecule has 1 aromatic rings. The highest BCUT2D eigenvalue weighted by molar-refractivity contribution is 7.89. The highest BCUT2D eigenvalue weighted by Gasteiger charge is 2.38. The maximum Gasteiger partial charge on any atom is 0.242 e. The fourth-order valence-corrected chi connectivity index (χ4v) is 4.70. The van der Waals surface area contributed by atoms with Crippen LogP contribution in [0.4, 0.5) is 5.69 Å². The predicted octanol–water partition coefficient (Wildman–Crippen LogP) is 1.98. The van der Waals surface area contributed by atoms with Crippen LogP contribution in [0.5, 0.6) is 5.75 Å². The zero-order valence-corrected chi connectivity index (χ0v) is 16.7. The first-order valence-corrected chi connectivity index (χ1v) is 10.3. The van der Waals surface area contributed by atoms with E-state index in [0.717, 1.165) is 6.42 Å². The van der Waals surface area contributed by atoms with Gasteiger partial charge >= 0.3 is 0 Å². The number of hydrogen-bond acceptors (Lipinski definition) is 5. The van der Waals surface area contributed by atoms with Crippen LogP contribution in [0.3, 0.4) is 0 Å². The molecule has 1 aromatic carbocycles. The molecule has 0 saturated carbocycles. The topological polar surface area (TPSA) is 102 Å². The highest BCUT2D eigenvalue weighted by Crippen LogP contribution is 2.24. The number of anilines is 1. The van der Waals surface area contributed by atoms with Gasteiger partial charge < -0.3 is 15.8 Å². The average molecular weight is 406 g/mol. The van der Waals surface area contributed by atoms with Crippen LogP contribution in [0.2, 0.25) is 0 Å². The van der Waals surface area contributed by atoms with E-state index in [-0.39, 0.29) is 24.1 Å². The molecule has 1 atom stereocenters. The molecule has 7 nitrogen and oxygen atoms in total. The molecule has 1 unspecified atom stereocenters. The van der Waals surface area contributed by atoms with Gasteiger partial charge in [0.1, 0.15) is 18.4 Å². The molecule has 1 fully saturated rings. The minimum atomic E-state index is -3.38. The second-order valence-electron chi connectivity index (χ2n) is 6.09. The number of amides is 1. The summed E-state index contributed by atoms with van der Waals surface area (Å²) in [7, 11) is -3.38. The maximum atomic E-state index is 12.5. The monoisotopic (exact) mass is 405 g/mol. The lowest BCUT2D eigenvalue weighted by Crippen LogP contribution is -2.44. The van der Waals surface area contributed by atoms with E-state index in [9.17, 15) is 13.2 Å². The van der Waals surface area contributed by atoms with Crippen LogP contribution in [-0.4, -0.2) is 50.1 Å². The molecule has 1 saturated heterocycles. The lowest BCUT2D eigenvalue weighted by atomic mass is 10.2. The maximum absolute atomic E-state index is 12.5. The van der Waals surface area contributed by atoms with Crippen molar-refractivity contribution in [3.05, 3.63) is 24.3 Å². The van der Waals surface area contributed by atoms with Gasteiger partial charge in [0.2, 0.25) is 15.9 Å². The highest BCUT2D eigenvalue weighted by atomic mass is 35.5. The number of sulfonamides is 1. The van der Waals surface area contributed by atoms with Crippen LogP contribution in [-0.2, 0) is 14.8 Å². The number of rotatable bonds is 9. The molecule has 0 spiro atoms. The molecule has 1 heterocycles. The van der Waals surface area contributed by atoms with Crippen molar-refractivity contribution in [3.8, 4) is 5.75 Å². The van der Waals surface area contributed by atoms with Crippen LogP contribution >= 0.6 is 12.4 Å². The van der Waals surface area contributed by atoms with E-state index in [2.05, 4.69) is 5.32 Å². The Labute approximate surface area is 161 Å². The minimum Gasteiger partial charge on any atom is -0.492 e. The standard InChI is InChI=1S/C17H27N3O4S.ClH/c1-2-3-13-25(22,23)20-11-4-5-16(20)17(21)19-14-6-8-15(9-7-14)24-12-10-18;/h6-9,16H,2-5,10-13,18H2,1H3,(H,19,21);1H. The molecular formula is C17H28ClN3O4S. The summed E-state index contributed by atoms with van der Waals surface area (Å²) in [5.74, 6) is 0.488. The van der Waals surface area contributed by atoms with Crippen molar-refractivity contribution in [1.82, 2.24) is 4.31 Å². The number of carbonyl (C=O) groups is 1. The van der Waals surface area contributed by atoms with Crippen molar-refractivity contribution in [2.45, 2.75) is 38.6 Å². The minimum absolute atomic E-state index is 0. The average Bonchev–Trinajstić information content (AvgIpc) is 3.10. The number of nitrogens with zero attached hydrogens (tertiary/aromatic N) is 1. The summed E-state index contributed by atoms with van der Waals surface area (Å²) in [6, 6.07) is 6.32. The predicted molar refractivity (Wildman–Crippen MR) is 105 cm³/mol. The molecule has 1 amide bonds. The summed E-state index contributed by atoms with van der Waals surface area (Å²) >= 11 is 0. The van der Waals surface area contributed by atoms with Crippen LogP contribution in [0.25, 0.3) is 0 Å². The normalized spacial score (nSPS) is 17.5. The van der Waals surface area contributed by atoms with Crippen molar-refractivity contribution in [2.24, 2.45) is 5.73 Å². The van der Waals surface area contributed by atoms with Crippen LogP contribution in [0.1, 0.15) is 32.6 Å². The summed E-state index contributed by atoms with van der Waals surface area (Å²) < 4.78 is 31.6. The Balaban J connectivity index is 0.00000338. The Morgan fingerprint density at radius 3 is 2.65 bits per heavy atom. The first kappa shape index (κ1) is 22.7. The quantitative estimate of drug-likeness (QED) is 0.654. The molecule has 0 radical (unpaired) electrons. The first-order valence-electron chi connectivity index (χ1n) is 8.71. The van der Waals surface area contributed by atoms with Crippen molar-refractivity contribution in [3.63, 3.8) is 0 Å². The van der Waals surface area contributed by atoms with Crippen LogP contribution in [0, 0.1) is 0 Å². The van der Waals surface area contributed by atoms with E-state index in [1.54, 1.807) is 24.3 Å². The lowest BCUT2D eigenvalue weighted by Gasteiger charge is -2.23. The smallest absolute Gasteiger partial charge is 0.242 e. The largest absolute Gasteiger partial charge is 0.492 e. The lowest BCUT2D eigenvalue weighted by molar-refractivity contribution is -0.119. The molecule has 3 N–H and O–H groups in total. The van der Waals surface area contributed by atoms with Gasteiger partial charge in [-0.2, -0.15) is 4.31 Å². The van der Waals surface area contributed by atoms with Gasteiger partial charge in [0, 0.05) is 18.8 Å². The van der Waals surface area contributed by atoms with E-state index < -0.39 is 16.1 Å². The molecule has 9 heteroatoms. The van der Waals surface area contributed by atoms with Crippen LogP contribution in [0.15, 0.2) is 24.3 Å². The SMILES string of the molecule is CCCCS(=O)(=O)N1CCCC1C(=O)Nc1ccc(OCCN)cc1.Cl. The number of ether oxygens (including phenoxy) is 1. The fraction of sp³-hybridized carbons (Fsp3) is 0.588. The molecule has 1 aliphatic heterocycles. The van der Waals surface area contributed by atoms with E-state index in [0.29, 0.717) is 50.4 Å². The van der Waals surface area contributed by atoms with Crippen molar-refractivity contribution in [1.29, 1.82) is 0 Å². The summed E-state index contributed by atoms with van der Waals surface area (Å²) in [4.78, 5) is 12.5. The number of halogens is 1. The number of nitrogens with two attached hydrogens (primary N) is 1. The molecule has 1 aliphatic rings. The summed E-state index contributed by atoms with van der Waals surface area (Å²) in [6.07, 6.45) is 2.67. The Bertz CT molecular complexity index is 667.